The molecule has 150 valence electrons. The third-order valence-electron chi connectivity index (χ3n) is 5.00. The van der Waals surface area contributed by atoms with Crippen molar-refractivity contribution in [2.24, 2.45) is 17.0 Å². The maximum absolute atomic E-state index is 13.0. The SMILES string of the molecule is C=NC=N/C=C(\C)c1cc(-c2cn(C)cn2)c2c(N)c([S@](=O)C3CCC3)sc2n1. The summed E-state index contributed by atoms with van der Waals surface area (Å²) in [6.07, 6.45) is 9.87. The fourth-order valence-electron chi connectivity index (χ4n) is 3.20. The van der Waals surface area contributed by atoms with Crippen LogP contribution < -0.4 is 5.73 Å². The maximum Gasteiger partial charge on any atom is 0.127 e. The minimum Gasteiger partial charge on any atom is -0.396 e. The molecule has 3 aromatic heterocycles. The van der Waals surface area contributed by atoms with Crippen LogP contribution in [0.5, 0.6) is 0 Å². The highest BCUT2D eigenvalue weighted by Crippen LogP contribution is 2.43. The smallest absolute Gasteiger partial charge is 0.127 e. The van der Waals surface area contributed by atoms with Crippen molar-refractivity contribution >= 4 is 56.7 Å². The van der Waals surface area contributed by atoms with Gasteiger partial charge < -0.3 is 10.3 Å². The highest BCUT2D eigenvalue weighted by Gasteiger charge is 2.29. The summed E-state index contributed by atoms with van der Waals surface area (Å²) < 4.78 is 15.6. The Kier molecular flexibility index (Phi) is 5.42. The Bertz CT molecular complexity index is 1170. The van der Waals surface area contributed by atoms with Gasteiger partial charge in [-0.2, -0.15) is 0 Å². The lowest BCUT2D eigenvalue weighted by Crippen LogP contribution is -2.23. The summed E-state index contributed by atoms with van der Waals surface area (Å²) in [6.45, 7) is 5.32. The van der Waals surface area contributed by atoms with E-state index in [-0.39, 0.29) is 5.25 Å². The van der Waals surface area contributed by atoms with Crippen LogP contribution in [0.15, 0.2) is 39.0 Å². The molecule has 7 nitrogen and oxygen atoms in total. The monoisotopic (exact) mass is 426 g/mol. The lowest BCUT2D eigenvalue weighted by Gasteiger charge is -2.23. The van der Waals surface area contributed by atoms with Gasteiger partial charge in [-0.15, -0.1) is 11.3 Å². The summed E-state index contributed by atoms with van der Waals surface area (Å²) in [6, 6.07) is 1.96. The van der Waals surface area contributed by atoms with Crippen LogP contribution in [0.3, 0.4) is 0 Å². The van der Waals surface area contributed by atoms with E-state index in [1.54, 1.807) is 12.5 Å². The number of allylic oxidation sites excluding steroid dienone is 1. The first-order valence-corrected chi connectivity index (χ1v) is 11.3. The van der Waals surface area contributed by atoms with Gasteiger partial charge in [0.15, 0.2) is 0 Å². The molecular weight excluding hydrogens is 404 g/mol. The number of imidazole rings is 1. The van der Waals surface area contributed by atoms with E-state index in [0.29, 0.717) is 5.69 Å². The van der Waals surface area contributed by atoms with Gasteiger partial charge in [0.05, 0.1) is 34.2 Å². The summed E-state index contributed by atoms with van der Waals surface area (Å²) >= 11 is 1.42. The van der Waals surface area contributed by atoms with Crippen molar-refractivity contribution < 1.29 is 4.21 Å². The molecule has 1 atom stereocenters. The van der Waals surface area contributed by atoms with Crippen LogP contribution in [0.1, 0.15) is 31.9 Å². The van der Waals surface area contributed by atoms with E-state index in [1.807, 2.05) is 30.8 Å². The molecule has 0 aromatic carbocycles. The molecule has 0 amide bonds. The van der Waals surface area contributed by atoms with Gasteiger partial charge >= 0.3 is 0 Å². The predicted molar refractivity (Wildman–Crippen MR) is 122 cm³/mol. The van der Waals surface area contributed by atoms with Crippen LogP contribution >= 0.6 is 11.3 Å². The first-order chi connectivity index (χ1) is 14.0. The van der Waals surface area contributed by atoms with Crippen molar-refractivity contribution in [2.45, 2.75) is 35.6 Å². The zero-order valence-corrected chi connectivity index (χ0v) is 18.0. The number of aromatic nitrogens is 3. The van der Waals surface area contributed by atoms with E-state index in [4.69, 9.17) is 10.7 Å². The summed E-state index contributed by atoms with van der Waals surface area (Å²) in [5, 5.41) is 1.02. The number of thiophene rings is 1. The molecule has 29 heavy (non-hydrogen) atoms. The number of nitrogens with two attached hydrogens (primary N) is 1. The molecule has 1 fully saturated rings. The second-order valence-electron chi connectivity index (χ2n) is 7.07. The highest BCUT2D eigenvalue weighted by molar-refractivity contribution is 7.88. The van der Waals surface area contributed by atoms with E-state index < -0.39 is 10.8 Å². The molecule has 0 radical (unpaired) electrons. The van der Waals surface area contributed by atoms with Gasteiger partial charge in [0.2, 0.25) is 0 Å². The summed E-state index contributed by atoms with van der Waals surface area (Å²) in [4.78, 5) is 17.8. The molecule has 1 saturated carbocycles. The number of aliphatic imine (C=N–C) groups is 2. The number of rotatable bonds is 6. The summed E-state index contributed by atoms with van der Waals surface area (Å²) in [5.41, 5.74) is 10.4. The van der Waals surface area contributed by atoms with Gasteiger partial charge in [-0.05, 0) is 38.1 Å². The Labute approximate surface area is 175 Å². The zero-order valence-electron chi connectivity index (χ0n) is 16.3. The summed E-state index contributed by atoms with van der Waals surface area (Å²) in [5.74, 6) is 0. The van der Waals surface area contributed by atoms with Crippen molar-refractivity contribution in [1.82, 2.24) is 14.5 Å². The molecule has 3 heterocycles. The number of nitrogens with zero attached hydrogens (tertiary/aromatic N) is 5. The average Bonchev–Trinajstić information content (AvgIpc) is 3.23. The molecular formula is C20H22N6OS2. The molecule has 0 unspecified atom stereocenters. The lowest BCUT2D eigenvalue weighted by atomic mass is 10.0. The Morgan fingerprint density at radius 2 is 2.28 bits per heavy atom. The average molecular weight is 427 g/mol. The largest absolute Gasteiger partial charge is 0.396 e. The first kappa shape index (κ1) is 19.7. The van der Waals surface area contributed by atoms with Gasteiger partial charge in [0.1, 0.15) is 15.4 Å². The Morgan fingerprint density at radius 1 is 1.48 bits per heavy atom. The predicted octanol–water partition coefficient (Wildman–Crippen LogP) is 4.03. The van der Waals surface area contributed by atoms with Gasteiger partial charge in [0.25, 0.3) is 0 Å². The standard InChI is InChI=1S/C20H22N6OS2/c1-12(8-23-10-22-2)15-7-14(16-9-26(3)11-24-16)17-18(21)20(28-19(17)25-15)29(27)13-5-4-6-13/h7-11,13H,2,4-6,21H2,1,3H3/b12-8+,23-10?/t29-/m1/s1. The van der Waals surface area contributed by atoms with E-state index in [1.165, 1.54) is 17.7 Å². The summed E-state index contributed by atoms with van der Waals surface area (Å²) in [7, 11) is 0.825. The van der Waals surface area contributed by atoms with Gasteiger partial charge in [0, 0.05) is 35.6 Å². The van der Waals surface area contributed by atoms with Crippen molar-refractivity contribution in [3.05, 3.63) is 30.5 Å². The van der Waals surface area contributed by atoms with Gasteiger partial charge in [-0.1, -0.05) is 6.42 Å². The maximum atomic E-state index is 13.0. The molecule has 0 aliphatic heterocycles. The number of aryl methyl sites for hydroxylation is 1. The number of pyridine rings is 1. The number of fused-ring (bicyclic) bond motifs is 1. The molecule has 3 aromatic rings. The second kappa shape index (κ2) is 8.00. The number of nitrogen functional groups attached to an aromatic ring is 1. The fourth-order valence-corrected chi connectivity index (χ4v) is 6.41. The molecule has 0 bridgehead atoms. The van der Waals surface area contributed by atoms with E-state index in [2.05, 4.69) is 21.7 Å². The minimum atomic E-state index is -1.10. The molecule has 0 saturated heterocycles. The van der Waals surface area contributed by atoms with Crippen LogP contribution in [-0.4, -0.2) is 37.0 Å². The van der Waals surface area contributed by atoms with Crippen molar-refractivity contribution in [1.29, 1.82) is 0 Å². The number of hydrogen-bond donors (Lipinski definition) is 1. The van der Waals surface area contributed by atoms with Crippen molar-refractivity contribution in [3.63, 3.8) is 0 Å². The number of hydrogen-bond acceptors (Lipinski definition) is 6. The third-order valence-corrected chi connectivity index (χ3v) is 8.30. The normalized spacial score (nSPS) is 16.4. The Balaban J connectivity index is 1.91. The fraction of sp³-hybridized carbons (Fsp3) is 0.300. The molecule has 1 aliphatic rings. The topological polar surface area (TPSA) is 98.5 Å². The van der Waals surface area contributed by atoms with E-state index >= 15 is 0 Å². The molecule has 9 heteroatoms. The quantitative estimate of drug-likeness (QED) is 0.475. The Hall–Kier alpha value is -2.65. The van der Waals surface area contributed by atoms with Crippen LogP contribution in [0.2, 0.25) is 0 Å². The van der Waals surface area contributed by atoms with E-state index in [0.717, 1.165) is 56.2 Å². The van der Waals surface area contributed by atoms with Crippen LogP contribution in [0, 0.1) is 0 Å². The molecule has 1 aliphatic carbocycles. The third kappa shape index (κ3) is 3.67. The van der Waals surface area contributed by atoms with Crippen LogP contribution in [0.25, 0.3) is 27.0 Å². The van der Waals surface area contributed by atoms with Gasteiger partial charge in [-0.3, -0.25) is 9.20 Å². The van der Waals surface area contributed by atoms with Crippen LogP contribution in [-0.2, 0) is 17.8 Å². The van der Waals surface area contributed by atoms with Crippen molar-refractivity contribution in [2.75, 3.05) is 5.73 Å². The van der Waals surface area contributed by atoms with E-state index in [9.17, 15) is 4.21 Å². The molecule has 4 rings (SSSR count). The van der Waals surface area contributed by atoms with Crippen LogP contribution in [0.4, 0.5) is 5.69 Å². The Morgan fingerprint density at radius 3 is 2.90 bits per heavy atom. The zero-order chi connectivity index (χ0) is 20.5. The lowest BCUT2D eigenvalue weighted by molar-refractivity contribution is 0.505. The van der Waals surface area contributed by atoms with Gasteiger partial charge in [-0.25, -0.2) is 15.0 Å². The minimum absolute atomic E-state index is 0.200. The van der Waals surface area contributed by atoms with Crippen molar-refractivity contribution in [3.8, 4) is 11.3 Å². The first-order valence-electron chi connectivity index (χ1n) is 9.26. The highest BCUT2D eigenvalue weighted by atomic mass is 32.2. The molecule has 0 spiro atoms. The number of anilines is 1. The second-order valence-corrected chi connectivity index (χ2v) is 10.00. The molecule has 2 N–H and O–H groups in total.